The maximum absolute atomic E-state index is 12.0. The number of carbonyl (C=O) groups excluding carboxylic acids is 1. The van der Waals surface area contributed by atoms with E-state index in [-0.39, 0.29) is 5.78 Å². The molecule has 0 amide bonds. The number of benzene rings is 1. The van der Waals surface area contributed by atoms with Crippen LogP contribution in [-0.2, 0) is 0 Å². The minimum atomic E-state index is 0.167. The van der Waals surface area contributed by atoms with Crippen LogP contribution in [0.25, 0.3) is 0 Å². The zero-order valence-corrected chi connectivity index (χ0v) is 11.6. The van der Waals surface area contributed by atoms with E-state index in [4.69, 9.17) is 4.74 Å². The molecule has 1 aromatic rings. The Labute approximate surface area is 110 Å². The van der Waals surface area contributed by atoms with Crippen LogP contribution >= 0.6 is 0 Å². The van der Waals surface area contributed by atoms with E-state index >= 15 is 0 Å². The van der Waals surface area contributed by atoms with Crippen molar-refractivity contribution in [2.24, 2.45) is 0 Å². The summed E-state index contributed by atoms with van der Waals surface area (Å²) < 4.78 is 5.49. The van der Waals surface area contributed by atoms with Crippen LogP contribution in [0.3, 0.4) is 0 Å². The van der Waals surface area contributed by atoms with E-state index < -0.39 is 0 Å². The Bertz CT molecular complexity index is 355. The standard InChI is InChI=1S/C15H23NO2/c1-4-11-18-14-9-7-13(8-10-14)15(17)12-16(5-2)6-3/h7-10H,4-6,11-12H2,1-3H3. The molecule has 18 heavy (non-hydrogen) atoms. The van der Waals surface area contributed by atoms with E-state index in [0.29, 0.717) is 13.2 Å². The molecule has 0 aromatic heterocycles. The zero-order valence-electron chi connectivity index (χ0n) is 11.6. The number of hydrogen-bond acceptors (Lipinski definition) is 3. The quantitative estimate of drug-likeness (QED) is 0.663. The second-order valence-electron chi connectivity index (χ2n) is 4.26. The average Bonchev–Trinajstić information content (AvgIpc) is 2.42. The third-order valence-electron chi connectivity index (χ3n) is 2.91. The molecular formula is C15H23NO2. The molecule has 3 nitrogen and oxygen atoms in total. The topological polar surface area (TPSA) is 29.5 Å². The second-order valence-corrected chi connectivity index (χ2v) is 4.26. The first-order valence-electron chi connectivity index (χ1n) is 6.69. The van der Waals surface area contributed by atoms with Crippen LogP contribution in [0, 0.1) is 0 Å². The molecule has 0 aliphatic rings. The molecule has 0 N–H and O–H groups in total. The maximum Gasteiger partial charge on any atom is 0.176 e. The highest BCUT2D eigenvalue weighted by Gasteiger charge is 2.09. The van der Waals surface area contributed by atoms with Crippen LogP contribution in [-0.4, -0.2) is 36.9 Å². The van der Waals surface area contributed by atoms with E-state index in [2.05, 4.69) is 25.7 Å². The van der Waals surface area contributed by atoms with Crippen molar-refractivity contribution in [3.63, 3.8) is 0 Å². The van der Waals surface area contributed by atoms with Gasteiger partial charge in [-0.1, -0.05) is 20.8 Å². The van der Waals surface area contributed by atoms with Gasteiger partial charge in [0.2, 0.25) is 0 Å². The fourth-order valence-corrected chi connectivity index (χ4v) is 1.70. The largest absolute Gasteiger partial charge is 0.494 e. The maximum atomic E-state index is 12.0. The number of ketones is 1. The molecule has 0 saturated carbocycles. The molecule has 1 rings (SSSR count). The third kappa shape index (κ3) is 4.49. The van der Waals surface area contributed by atoms with Crippen molar-refractivity contribution in [1.29, 1.82) is 0 Å². The highest BCUT2D eigenvalue weighted by Crippen LogP contribution is 2.13. The Balaban J connectivity index is 2.58. The smallest absolute Gasteiger partial charge is 0.176 e. The van der Waals surface area contributed by atoms with Gasteiger partial charge in [-0.25, -0.2) is 0 Å². The molecule has 0 aliphatic carbocycles. The lowest BCUT2D eigenvalue weighted by Crippen LogP contribution is -2.29. The highest BCUT2D eigenvalue weighted by molar-refractivity contribution is 5.97. The summed E-state index contributed by atoms with van der Waals surface area (Å²) in [4.78, 5) is 14.1. The first kappa shape index (κ1) is 14.7. The summed E-state index contributed by atoms with van der Waals surface area (Å²) in [7, 11) is 0. The summed E-state index contributed by atoms with van der Waals surface area (Å²) in [6, 6.07) is 7.42. The molecular weight excluding hydrogens is 226 g/mol. The van der Waals surface area contributed by atoms with Gasteiger partial charge in [0.15, 0.2) is 5.78 Å². The Kier molecular flexibility index (Phi) is 6.44. The van der Waals surface area contributed by atoms with Gasteiger partial charge in [-0.15, -0.1) is 0 Å². The van der Waals surface area contributed by atoms with Crippen molar-refractivity contribution in [1.82, 2.24) is 4.90 Å². The molecule has 0 radical (unpaired) electrons. The Morgan fingerprint density at radius 3 is 2.22 bits per heavy atom. The SMILES string of the molecule is CCCOc1ccc(C(=O)CN(CC)CC)cc1. The first-order chi connectivity index (χ1) is 8.71. The molecule has 0 fully saturated rings. The van der Waals surface area contributed by atoms with Crippen LogP contribution in [0.4, 0.5) is 0 Å². The minimum absolute atomic E-state index is 0.167. The van der Waals surface area contributed by atoms with Gasteiger partial charge in [-0.05, 0) is 43.8 Å². The fraction of sp³-hybridized carbons (Fsp3) is 0.533. The lowest BCUT2D eigenvalue weighted by Gasteiger charge is -2.16. The molecule has 0 spiro atoms. The Hall–Kier alpha value is -1.35. The lowest BCUT2D eigenvalue weighted by atomic mass is 10.1. The molecule has 0 aliphatic heterocycles. The van der Waals surface area contributed by atoms with Gasteiger partial charge < -0.3 is 4.74 Å². The average molecular weight is 249 g/mol. The molecule has 0 atom stereocenters. The molecule has 3 heteroatoms. The number of hydrogen-bond donors (Lipinski definition) is 0. The monoisotopic (exact) mass is 249 g/mol. The Morgan fingerprint density at radius 2 is 1.72 bits per heavy atom. The van der Waals surface area contributed by atoms with Gasteiger partial charge in [0.05, 0.1) is 13.2 Å². The molecule has 1 aromatic carbocycles. The number of likely N-dealkylation sites (N-methyl/N-ethyl adjacent to an activating group) is 1. The summed E-state index contributed by atoms with van der Waals surface area (Å²) in [5, 5.41) is 0. The van der Waals surface area contributed by atoms with E-state index in [0.717, 1.165) is 30.8 Å². The van der Waals surface area contributed by atoms with Crippen molar-refractivity contribution in [3.05, 3.63) is 29.8 Å². The van der Waals surface area contributed by atoms with Crippen molar-refractivity contribution in [3.8, 4) is 5.75 Å². The second kappa shape index (κ2) is 7.88. The van der Waals surface area contributed by atoms with Crippen molar-refractivity contribution in [2.45, 2.75) is 27.2 Å². The molecule has 100 valence electrons. The van der Waals surface area contributed by atoms with E-state index in [1.165, 1.54) is 0 Å². The van der Waals surface area contributed by atoms with Crippen molar-refractivity contribution < 1.29 is 9.53 Å². The summed E-state index contributed by atoms with van der Waals surface area (Å²) in [5.41, 5.74) is 0.755. The number of carbonyl (C=O) groups is 1. The fourth-order valence-electron chi connectivity index (χ4n) is 1.70. The number of rotatable bonds is 8. The molecule has 0 bridgehead atoms. The van der Waals surface area contributed by atoms with Crippen LogP contribution in [0.5, 0.6) is 5.75 Å². The number of Topliss-reactive ketones (excluding diaryl/α,β-unsaturated/α-hetero) is 1. The summed E-state index contributed by atoms with van der Waals surface area (Å²) in [6.45, 7) is 9.22. The van der Waals surface area contributed by atoms with Crippen LogP contribution < -0.4 is 4.74 Å². The Morgan fingerprint density at radius 1 is 1.11 bits per heavy atom. The minimum Gasteiger partial charge on any atom is -0.494 e. The van der Waals surface area contributed by atoms with Gasteiger partial charge in [-0.3, -0.25) is 9.69 Å². The summed E-state index contributed by atoms with van der Waals surface area (Å²) in [5.74, 6) is 0.997. The summed E-state index contributed by atoms with van der Waals surface area (Å²) in [6.07, 6.45) is 0.989. The van der Waals surface area contributed by atoms with Crippen molar-refractivity contribution >= 4 is 5.78 Å². The highest BCUT2D eigenvalue weighted by atomic mass is 16.5. The van der Waals surface area contributed by atoms with Crippen LogP contribution in [0.2, 0.25) is 0 Å². The molecule has 0 unspecified atom stereocenters. The van der Waals surface area contributed by atoms with E-state index in [1.807, 2.05) is 24.3 Å². The van der Waals surface area contributed by atoms with Crippen molar-refractivity contribution in [2.75, 3.05) is 26.2 Å². The van der Waals surface area contributed by atoms with E-state index in [9.17, 15) is 4.79 Å². The predicted molar refractivity (Wildman–Crippen MR) is 74.3 cm³/mol. The normalized spacial score (nSPS) is 10.7. The molecule has 0 saturated heterocycles. The van der Waals surface area contributed by atoms with Gasteiger partial charge in [0.25, 0.3) is 0 Å². The number of ether oxygens (including phenoxy) is 1. The van der Waals surface area contributed by atoms with Crippen LogP contribution in [0.15, 0.2) is 24.3 Å². The first-order valence-corrected chi connectivity index (χ1v) is 6.69. The van der Waals surface area contributed by atoms with E-state index in [1.54, 1.807) is 0 Å². The van der Waals surface area contributed by atoms with Gasteiger partial charge in [-0.2, -0.15) is 0 Å². The van der Waals surface area contributed by atoms with Gasteiger partial charge in [0, 0.05) is 5.56 Å². The lowest BCUT2D eigenvalue weighted by molar-refractivity contribution is 0.0937. The summed E-state index contributed by atoms with van der Waals surface area (Å²) >= 11 is 0. The third-order valence-corrected chi connectivity index (χ3v) is 2.91. The van der Waals surface area contributed by atoms with Gasteiger partial charge in [0.1, 0.15) is 5.75 Å². The van der Waals surface area contributed by atoms with Gasteiger partial charge >= 0.3 is 0 Å². The predicted octanol–water partition coefficient (Wildman–Crippen LogP) is 3.00. The zero-order chi connectivity index (χ0) is 13.4. The molecule has 0 heterocycles. The van der Waals surface area contributed by atoms with Crippen LogP contribution in [0.1, 0.15) is 37.6 Å². The number of nitrogens with zero attached hydrogens (tertiary/aromatic N) is 1.